The fourth-order valence-electron chi connectivity index (χ4n) is 3.62. The Morgan fingerprint density at radius 1 is 1.20 bits per heavy atom. The van der Waals surface area contributed by atoms with Crippen LogP contribution in [0, 0.1) is 5.82 Å². The number of nitrogens with zero attached hydrogens (tertiary/aromatic N) is 3. The van der Waals surface area contributed by atoms with Crippen LogP contribution in [0.15, 0.2) is 54.7 Å². The summed E-state index contributed by atoms with van der Waals surface area (Å²) in [5.74, 6) is 0.0728. The van der Waals surface area contributed by atoms with Crippen molar-refractivity contribution in [1.29, 1.82) is 0 Å². The van der Waals surface area contributed by atoms with E-state index in [1.165, 1.54) is 24.3 Å². The number of hydrogen-bond donors (Lipinski definition) is 1. The van der Waals surface area contributed by atoms with Crippen molar-refractivity contribution in [2.45, 2.75) is 18.9 Å². The molecule has 1 aromatic heterocycles. The van der Waals surface area contributed by atoms with E-state index in [-0.39, 0.29) is 30.3 Å². The number of carbonyl (C=O) groups is 1. The van der Waals surface area contributed by atoms with Crippen LogP contribution < -0.4 is 10.5 Å². The number of aromatic nitrogens is 2. The number of nitrogen functional groups attached to an aromatic ring is 1. The fourth-order valence-corrected chi connectivity index (χ4v) is 3.75. The topological polar surface area (TPSA) is 81.3 Å². The van der Waals surface area contributed by atoms with Crippen LogP contribution in [0.5, 0.6) is 5.75 Å². The average Bonchev–Trinajstić information content (AvgIpc) is 3.24. The van der Waals surface area contributed by atoms with Crippen LogP contribution in [0.2, 0.25) is 5.02 Å². The molecule has 1 aliphatic heterocycles. The Labute approximate surface area is 178 Å². The van der Waals surface area contributed by atoms with Crippen molar-refractivity contribution in [3.8, 4) is 16.9 Å². The number of likely N-dealkylation sites (tertiary alicyclic amines) is 1. The summed E-state index contributed by atoms with van der Waals surface area (Å²) in [5, 5.41) is 0.632. The van der Waals surface area contributed by atoms with E-state index in [1.54, 1.807) is 23.2 Å². The number of anilines is 1. The summed E-state index contributed by atoms with van der Waals surface area (Å²) < 4.78 is 18.6. The Kier molecular flexibility index (Phi) is 5.81. The highest BCUT2D eigenvalue weighted by Gasteiger charge is 2.33. The van der Waals surface area contributed by atoms with E-state index in [1.807, 2.05) is 12.1 Å². The predicted molar refractivity (Wildman–Crippen MR) is 112 cm³/mol. The lowest BCUT2D eigenvalue weighted by Gasteiger charge is -2.26. The van der Waals surface area contributed by atoms with Crippen LogP contribution in [-0.2, 0) is 4.79 Å². The Bertz CT molecular complexity index is 1040. The van der Waals surface area contributed by atoms with Gasteiger partial charge >= 0.3 is 0 Å². The first-order valence-electron chi connectivity index (χ1n) is 9.57. The zero-order valence-corrected chi connectivity index (χ0v) is 16.8. The molecule has 0 radical (unpaired) electrons. The van der Waals surface area contributed by atoms with Crippen molar-refractivity contribution >= 4 is 23.5 Å². The van der Waals surface area contributed by atoms with Gasteiger partial charge in [0.05, 0.1) is 11.7 Å². The molecule has 1 aliphatic rings. The van der Waals surface area contributed by atoms with Crippen molar-refractivity contribution < 1.29 is 13.9 Å². The molecule has 2 N–H and O–H groups in total. The Morgan fingerprint density at radius 2 is 1.93 bits per heavy atom. The first-order chi connectivity index (χ1) is 14.5. The first-order valence-corrected chi connectivity index (χ1v) is 9.95. The maximum absolute atomic E-state index is 13.0. The molecular formula is C22H20ClFN4O2. The third kappa shape index (κ3) is 4.36. The number of nitrogens with two attached hydrogens (primary N) is 1. The molecular weight excluding hydrogens is 407 g/mol. The van der Waals surface area contributed by atoms with E-state index in [0.717, 1.165) is 24.0 Å². The van der Waals surface area contributed by atoms with Gasteiger partial charge in [-0.05, 0) is 54.8 Å². The van der Waals surface area contributed by atoms with Crippen molar-refractivity contribution in [1.82, 2.24) is 14.9 Å². The van der Waals surface area contributed by atoms with Gasteiger partial charge < -0.3 is 15.4 Å². The van der Waals surface area contributed by atoms with Gasteiger partial charge in [-0.2, -0.15) is 0 Å². The molecule has 1 unspecified atom stereocenters. The van der Waals surface area contributed by atoms with Crippen molar-refractivity contribution in [2.24, 2.45) is 0 Å². The molecule has 2 heterocycles. The van der Waals surface area contributed by atoms with Crippen LogP contribution in [0.3, 0.4) is 0 Å². The van der Waals surface area contributed by atoms with Gasteiger partial charge in [-0.15, -0.1) is 0 Å². The van der Waals surface area contributed by atoms with Crippen LogP contribution in [-0.4, -0.2) is 33.9 Å². The van der Waals surface area contributed by atoms with Crippen LogP contribution >= 0.6 is 11.6 Å². The summed E-state index contributed by atoms with van der Waals surface area (Å²) in [4.78, 5) is 23.2. The number of rotatable bonds is 5. The average molecular weight is 427 g/mol. The lowest BCUT2D eigenvalue weighted by atomic mass is 10.00. The number of amides is 1. The molecule has 0 bridgehead atoms. The van der Waals surface area contributed by atoms with Crippen molar-refractivity contribution in [3.05, 3.63) is 71.3 Å². The van der Waals surface area contributed by atoms with Gasteiger partial charge in [0.1, 0.15) is 11.6 Å². The minimum absolute atomic E-state index is 0.140. The van der Waals surface area contributed by atoms with Crippen molar-refractivity contribution in [3.63, 3.8) is 0 Å². The van der Waals surface area contributed by atoms with Gasteiger partial charge in [0.2, 0.25) is 5.95 Å². The second kappa shape index (κ2) is 8.67. The quantitative estimate of drug-likeness (QED) is 0.659. The van der Waals surface area contributed by atoms with E-state index < -0.39 is 0 Å². The largest absolute Gasteiger partial charge is 0.484 e. The summed E-state index contributed by atoms with van der Waals surface area (Å²) in [6, 6.07) is 12.7. The van der Waals surface area contributed by atoms with E-state index in [2.05, 4.69) is 9.97 Å². The van der Waals surface area contributed by atoms with E-state index >= 15 is 0 Å². The van der Waals surface area contributed by atoms with E-state index in [9.17, 15) is 9.18 Å². The summed E-state index contributed by atoms with van der Waals surface area (Å²) >= 11 is 6.01. The Hall–Kier alpha value is -3.19. The lowest BCUT2D eigenvalue weighted by Crippen LogP contribution is -2.35. The second-order valence-corrected chi connectivity index (χ2v) is 7.46. The van der Waals surface area contributed by atoms with Crippen molar-refractivity contribution in [2.75, 3.05) is 18.9 Å². The highest BCUT2D eigenvalue weighted by Crippen LogP contribution is 2.37. The van der Waals surface area contributed by atoms with Crippen LogP contribution in [0.4, 0.5) is 10.3 Å². The molecule has 0 spiro atoms. The Balaban J connectivity index is 1.57. The molecule has 30 heavy (non-hydrogen) atoms. The molecule has 3 aromatic rings. The predicted octanol–water partition coefficient (Wildman–Crippen LogP) is 4.26. The maximum atomic E-state index is 13.0. The zero-order chi connectivity index (χ0) is 21.1. The Morgan fingerprint density at radius 3 is 2.67 bits per heavy atom. The monoisotopic (exact) mass is 426 g/mol. The van der Waals surface area contributed by atoms with Gasteiger partial charge in [0.15, 0.2) is 6.61 Å². The molecule has 1 saturated heterocycles. The summed E-state index contributed by atoms with van der Waals surface area (Å²) in [5.41, 5.74) is 8.28. The second-order valence-electron chi connectivity index (χ2n) is 7.02. The molecule has 2 aromatic carbocycles. The van der Waals surface area contributed by atoms with E-state index in [0.29, 0.717) is 23.0 Å². The third-order valence-electron chi connectivity index (χ3n) is 5.06. The lowest BCUT2D eigenvalue weighted by molar-refractivity contribution is -0.134. The maximum Gasteiger partial charge on any atom is 0.261 e. The zero-order valence-electron chi connectivity index (χ0n) is 16.1. The van der Waals surface area contributed by atoms with Gasteiger partial charge in [0, 0.05) is 23.3 Å². The van der Waals surface area contributed by atoms with Gasteiger partial charge in [-0.25, -0.2) is 14.4 Å². The molecule has 1 fully saturated rings. The first kappa shape index (κ1) is 20.1. The molecule has 4 rings (SSSR count). The summed E-state index contributed by atoms with van der Waals surface area (Å²) in [6.45, 7) is 0.458. The third-order valence-corrected chi connectivity index (χ3v) is 5.31. The molecule has 8 heteroatoms. The smallest absolute Gasteiger partial charge is 0.261 e. The van der Waals surface area contributed by atoms with E-state index in [4.69, 9.17) is 22.1 Å². The molecule has 1 atom stereocenters. The van der Waals surface area contributed by atoms with Gasteiger partial charge in [-0.3, -0.25) is 4.79 Å². The minimum atomic E-state index is -0.357. The highest BCUT2D eigenvalue weighted by atomic mass is 35.5. The molecule has 154 valence electrons. The summed E-state index contributed by atoms with van der Waals surface area (Å²) in [6.07, 6.45) is 3.28. The van der Waals surface area contributed by atoms with Crippen LogP contribution in [0.25, 0.3) is 11.1 Å². The molecule has 0 aliphatic carbocycles. The fraction of sp³-hybridized carbons (Fsp3) is 0.227. The minimum Gasteiger partial charge on any atom is -0.484 e. The number of hydrogen-bond acceptors (Lipinski definition) is 5. The highest BCUT2D eigenvalue weighted by molar-refractivity contribution is 6.30. The molecule has 6 nitrogen and oxygen atoms in total. The molecule has 1 amide bonds. The number of ether oxygens (including phenoxy) is 1. The van der Waals surface area contributed by atoms with Gasteiger partial charge in [-0.1, -0.05) is 23.7 Å². The number of carbonyl (C=O) groups excluding carboxylic acids is 1. The normalized spacial score (nSPS) is 15.9. The number of benzene rings is 2. The van der Waals surface area contributed by atoms with Gasteiger partial charge in [0.25, 0.3) is 5.91 Å². The molecule has 0 saturated carbocycles. The number of halogens is 2. The SMILES string of the molecule is Nc1ncc(-c2ccc(Cl)cc2)c(C2CCCN2C(=O)COc2ccc(F)cc2)n1. The van der Waals surface area contributed by atoms with Crippen LogP contribution in [0.1, 0.15) is 24.6 Å². The standard InChI is InChI=1S/C22H20ClFN4O2/c23-15-5-3-14(4-6-15)18-12-26-22(25)27-21(18)19-2-1-11-28(19)20(29)13-30-17-9-7-16(24)8-10-17/h3-10,12,19H,1-2,11,13H2,(H2,25,26,27). The summed E-state index contributed by atoms with van der Waals surface area (Å²) in [7, 11) is 0.